The van der Waals surface area contributed by atoms with Gasteiger partial charge in [0, 0.05) is 19.3 Å². The van der Waals surface area contributed by atoms with Gasteiger partial charge < -0.3 is 8.83 Å². The topological polar surface area (TPSA) is 81.1 Å². The predicted molar refractivity (Wildman–Crippen MR) is 76.6 cm³/mol. The van der Waals surface area contributed by atoms with Crippen LogP contribution in [0.4, 0.5) is 0 Å². The molecule has 0 aromatic carbocycles. The van der Waals surface area contributed by atoms with Crippen molar-refractivity contribution in [1.29, 1.82) is 0 Å². The number of furan rings is 1. The van der Waals surface area contributed by atoms with Gasteiger partial charge in [-0.25, -0.2) is 9.97 Å². The van der Waals surface area contributed by atoms with Crippen molar-refractivity contribution >= 4 is 0 Å². The lowest BCUT2D eigenvalue weighted by Gasteiger charge is -2.26. The molecule has 4 heterocycles. The number of fused-ring (bicyclic) bond motifs is 1. The lowest BCUT2D eigenvalue weighted by molar-refractivity contribution is 0.218. The second-order valence-corrected chi connectivity index (χ2v) is 5.33. The molecule has 0 amide bonds. The second kappa shape index (κ2) is 5.34. The molecule has 0 spiro atoms. The SMILES string of the molecule is Cc1ncc2c(n1)CN(Cc1nnc(-c3ccco3)o1)CC2. The molecule has 22 heavy (non-hydrogen) atoms. The maximum atomic E-state index is 5.65. The number of rotatable bonds is 3. The largest absolute Gasteiger partial charge is 0.459 e. The zero-order valence-electron chi connectivity index (χ0n) is 12.2. The first-order valence-electron chi connectivity index (χ1n) is 7.18. The Morgan fingerprint density at radius 1 is 1.32 bits per heavy atom. The highest BCUT2D eigenvalue weighted by molar-refractivity contribution is 5.42. The minimum atomic E-state index is 0.413. The van der Waals surface area contributed by atoms with E-state index in [4.69, 9.17) is 8.83 Å². The van der Waals surface area contributed by atoms with Gasteiger partial charge in [0.25, 0.3) is 5.89 Å². The zero-order chi connectivity index (χ0) is 14.9. The van der Waals surface area contributed by atoms with Crippen LogP contribution < -0.4 is 0 Å². The summed E-state index contributed by atoms with van der Waals surface area (Å²) < 4.78 is 10.9. The fraction of sp³-hybridized carbons (Fsp3) is 0.333. The Morgan fingerprint density at radius 3 is 3.14 bits per heavy atom. The van der Waals surface area contributed by atoms with Crippen molar-refractivity contribution in [3.05, 3.63) is 47.6 Å². The molecule has 0 fully saturated rings. The number of hydrogen-bond donors (Lipinski definition) is 0. The van der Waals surface area contributed by atoms with Crippen molar-refractivity contribution in [2.24, 2.45) is 0 Å². The summed E-state index contributed by atoms with van der Waals surface area (Å²) >= 11 is 0. The van der Waals surface area contributed by atoms with Gasteiger partial charge in [0.2, 0.25) is 5.89 Å². The van der Waals surface area contributed by atoms with E-state index < -0.39 is 0 Å². The van der Waals surface area contributed by atoms with Crippen LogP contribution in [0, 0.1) is 6.92 Å². The van der Waals surface area contributed by atoms with Gasteiger partial charge >= 0.3 is 0 Å². The normalized spacial score (nSPS) is 15.0. The van der Waals surface area contributed by atoms with Crippen molar-refractivity contribution in [2.45, 2.75) is 26.4 Å². The zero-order valence-corrected chi connectivity index (χ0v) is 12.2. The molecule has 1 aliphatic rings. The highest BCUT2D eigenvalue weighted by Gasteiger charge is 2.20. The van der Waals surface area contributed by atoms with Gasteiger partial charge in [-0.1, -0.05) is 0 Å². The summed E-state index contributed by atoms with van der Waals surface area (Å²) in [7, 11) is 0. The molecule has 3 aromatic rings. The molecule has 0 radical (unpaired) electrons. The number of hydrogen-bond acceptors (Lipinski definition) is 7. The summed E-state index contributed by atoms with van der Waals surface area (Å²) in [5.41, 5.74) is 2.31. The van der Waals surface area contributed by atoms with Crippen LogP contribution in [-0.4, -0.2) is 31.6 Å². The van der Waals surface area contributed by atoms with E-state index in [0.717, 1.165) is 31.0 Å². The van der Waals surface area contributed by atoms with E-state index in [0.29, 0.717) is 24.1 Å². The first kappa shape index (κ1) is 13.1. The summed E-state index contributed by atoms with van der Waals surface area (Å²) in [6.45, 7) is 4.22. The molecular weight excluding hydrogens is 282 g/mol. The molecule has 0 aliphatic carbocycles. The second-order valence-electron chi connectivity index (χ2n) is 5.33. The van der Waals surface area contributed by atoms with Crippen molar-refractivity contribution in [1.82, 2.24) is 25.1 Å². The van der Waals surface area contributed by atoms with E-state index in [-0.39, 0.29) is 0 Å². The highest BCUT2D eigenvalue weighted by Crippen LogP contribution is 2.21. The van der Waals surface area contributed by atoms with Crippen LogP contribution in [0.5, 0.6) is 0 Å². The van der Waals surface area contributed by atoms with E-state index in [1.54, 1.807) is 18.4 Å². The molecule has 1 aliphatic heterocycles. The molecule has 0 saturated carbocycles. The van der Waals surface area contributed by atoms with Crippen LogP contribution in [0.2, 0.25) is 0 Å². The minimum Gasteiger partial charge on any atom is -0.459 e. The fourth-order valence-electron chi connectivity index (χ4n) is 2.60. The van der Waals surface area contributed by atoms with Gasteiger partial charge in [-0.05, 0) is 31.0 Å². The minimum absolute atomic E-state index is 0.413. The van der Waals surface area contributed by atoms with Gasteiger partial charge in [0.05, 0.1) is 18.5 Å². The molecule has 0 atom stereocenters. The van der Waals surface area contributed by atoms with E-state index in [9.17, 15) is 0 Å². The Balaban J connectivity index is 1.48. The Kier molecular flexibility index (Phi) is 3.19. The summed E-state index contributed by atoms with van der Waals surface area (Å²) in [5.74, 6) is 2.39. The van der Waals surface area contributed by atoms with Crippen molar-refractivity contribution in [2.75, 3.05) is 6.54 Å². The Hall–Kier alpha value is -2.54. The monoisotopic (exact) mass is 297 g/mol. The van der Waals surface area contributed by atoms with Crippen LogP contribution in [0.15, 0.2) is 33.4 Å². The van der Waals surface area contributed by atoms with E-state index >= 15 is 0 Å². The van der Waals surface area contributed by atoms with Gasteiger partial charge in [-0.2, -0.15) is 0 Å². The van der Waals surface area contributed by atoms with Crippen LogP contribution in [0.1, 0.15) is 23.0 Å². The average Bonchev–Trinajstić information content (AvgIpc) is 3.17. The van der Waals surface area contributed by atoms with E-state index in [2.05, 4.69) is 25.1 Å². The third-order valence-corrected chi connectivity index (χ3v) is 3.70. The Bertz CT molecular complexity index is 781. The molecule has 4 rings (SSSR count). The fourth-order valence-corrected chi connectivity index (χ4v) is 2.60. The quantitative estimate of drug-likeness (QED) is 0.731. The third-order valence-electron chi connectivity index (χ3n) is 3.70. The average molecular weight is 297 g/mol. The van der Waals surface area contributed by atoms with Crippen molar-refractivity contribution < 1.29 is 8.83 Å². The van der Waals surface area contributed by atoms with Gasteiger partial charge in [-0.3, -0.25) is 4.90 Å². The number of aryl methyl sites for hydroxylation is 1. The molecule has 112 valence electrons. The summed E-state index contributed by atoms with van der Waals surface area (Å²) in [6.07, 6.45) is 4.45. The summed E-state index contributed by atoms with van der Waals surface area (Å²) in [6, 6.07) is 3.59. The molecule has 3 aromatic heterocycles. The molecule has 7 heteroatoms. The van der Waals surface area contributed by atoms with Crippen molar-refractivity contribution in [3.8, 4) is 11.7 Å². The van der Waals surface area contributed by atoms with Crippen molar-refractivity contribution in [3.63, 3.8) is 0 Å². The van der Waals surface area contributed by atoms with Gasteiger partial charge in [0.15, 0.2) is 5.76 Å². The molecule has 0 N–H and O–H groups in total. The van der Waals surface area contributed by atoms with Crippen LogP contribution in [-0.2, 0) is 19.5 Å². The molecule has 7 nitrogen and oxygen atoms in total. The molecule has 0 bridgehead atoms. The number of nitrogens with zero attached hydrogens (tertiary/aromatic N) is 5. The third kappa shape index (κ3) is 2.50. The summed E-state index contributed by atoms with van der Waals surface area (Å²) in [5, 5.41) is 8.11. The van der Waals surface area contributed by atoms with Crippen LogP contribution in [0.3, 0.4) is 0 Å². The molecular formula is C15H15N5O2. The summed E-state index contributed by atoms with van der Waals surface area (Å²) in [4.78, 5) is 11.0. The van der Waals surface area contributed by atoms with Crippen LogP contribution in [0.25, 0.3) is 11.7 Å². The first-order valence-corrected chi connectivity index (χ1v) is 7.18. The Labute approximate surface area is 127 Å². The smallest absolute Gasteiger partial charge is 0.283 e. The highest BCUT2D eigenvalue weighted by atomic mass is 16.4. The van der Waals surface area contributed by atoms with E-state index in [1.165, 1.54) is 5.56 Å². The van der Waals surface area contributed by atoms with Crippen LogP contribution >= 0.6 is 0 Å². The molecule has 0 saturated heterocycles. The molecule has 0 unspecified atom stereocenters. The standard InChI is InChI=1S/C15H15N5O2/c1-10-16-7-11-4-5-20(8-12(11)17-10)9-14-18-19-15(22-14)13-3-2-6-21-13/h2-3,6-7H,4-5,8-9H2,1H3. The first-order chi connectivity index (χ1) is 10.8. The van der Waals surface area contributed by atoms with E-state index in [1.807, 2.05) is 13.1 Å². The van der Waals surface area contributed by atoms with Gasteiger partial charge in [-0.15, -0.1) is 10.2 Å². The maximum absolute atomic E-state index is 5.65. The Morgan fingerprint density at radius 2 is 2.27 bits per heavy atom. The predicted octanol–water partition coefficient (Wildman–Crippen LogP) is 1.99. The lowest BCUT2D eigenvalue weighted by atomic mass is 10.1. The lowest BCUT2D eigenvalue weighted by Crippen LogP contribution is -2.31. The number of aromatic nitrogens is 4. The maximum Gasteiger partial charge on any atom is 0.283 e. The van der Waals surface area contributed by atoms with Gasteiger partial charge in [0.1, 0.15) is 5.82 Å².